The van der Waals surface area contributed by atoms with Crippen LogP contribution in [0.5, 0.6) is 0 Å². The Kier molecular flexibility index (Phi) is 31.5. The number of hydrogen-bond acceptors (Lipinski definition) is 10. The molecule has 1 fully saturated rings. The number of carbonyl (C=O) groups excluding carboxylic acids is 2. The highest BCUT2D eigenvalue weighted by Gasteiger charge is 2.36. The smallest absolute Gasteiger partial charge is 0.472 e. The van der Waals surface area contributed by atoms with Gasteiger partial charge in [-0.05, 0) is 64.2 Å². The molecular weight excluding hydrogens is 725 g/mol. The van der Waals surface area contributed by atoms with E-state index in [1.54, 1.807) is 0 Å². The van der Waals surface area contributed by atoms with E-state index in [1.165, 1.54) is 70.6 Å². The van der Waals surface area contributed by atoms with E-state index < -0.39 is 51.1 Å². The van der Waals surface area contributed by atoms with Crippen LogP contribution >= 0.6 is 7.82 Å². The Morgan fingerprint density at radius 2 is 1.15 bits per heavy atom. The monoisotopic (exact) mass is 802 g/mol. The fourth-order valence-corrected chi connectivity index (χ4v) is 6.84. The fraction of sp³-hybridized carbons (Fsp3) is 0.833. The Bertz CT molecular complexity index is 1100. The van der Waals surface area contributed by atoms with E-state index in [2.05, 4.69) is 42.7 Å². The van der Waals surface area contributed by atoms with Gasteiger partial charge in [0.15, 0.2) is 6.10 Å². The number of hydrogen-bond donors (Lipinski definition) is 3. The lowest BCUT2D eigenvalue weighted by Crippen LogP contribution is -2.34. The number of unbranched alkanes of at least 4 members (excludes halogenated alkanes) is 18. The Morgan fingerprint density at radius 3 is 1.73 bits per heavy atom. The van der Waals surface area contributed by atoms with Crippen LogP contribution in [0, 0.1) is 0 Å². The van der Waals surface area contributed by atoms with Crippen LogP contribution in [0.3, 0.4) is 0 Å². The highest BCUT2D eigenvalue weighted by Crippen LogP contribution is 2.43. The van der Waals surface area contributed by atoms with Gasteiger partial charge in [0, 0.05) is 12.8 Å². The van der Waals surface area contributed by atoms with Crippen molar-refractivity contribution in [2.24, 2.45) is 5.73 Å². The standard InChI is InChI=1S/C42H76NO11P/c1-3-5-7-8-9-10-11-12-13-14-15-16-21-24-28-32-41(45)53-36(34-51-55(48,49)52-35-37(43)42(46)47)33-50-40(44)31-27-23-20-18-17-19-22-26-30-39-38(54-39)29-25-6-4-2/h10-11,22,26,36-39H,3-9,12-21,23-25,27-35,43H2,1-2H3,(H,46,47)(H,48,49)/b11-10-,26-22-/t36-,37+,38?,39?/m1/s1. The summed E-state index contributed by atoms with van der Waals surface area (Å²) in [6.45, 7) is 2.73. The van der Waals surface area contributed by atoms with E-state index in [-0.39, 0.29) is 19.4 Å². The fourth-order valence-electron chi connectivity index (χ4n) is 6.07. The van der Waals surface area contributed by atoms with Gasteiger partial charge in [-0.2, -0.15) is 0 Å². The van der Waals surface area contributed by atoms with Gasteiger partial charge in [-0.3, -0.25) is 23.4 Å². The topological polar surface area (TPSA) is 184 Å². The van der Waals surface area contributed by atoms with Gasteiger partial charge in [-0.25, -0.2) is 4.57 Å². The molecular formula is C42H76NO11P. The zero-order valence-corrected chi connectivity index (χ0v) is 35.1. The highest BCUT2D eigenvalue weighted by atomic mass is 31.2. The van der Waals surface area contributed by atoms with Crippen molar-refractivity contribution in [2.45, 2.75) is 205 Å². The Balaban J connectivity index is 2.29. The molecule has 0 spiro atoms. The molecule has 55 heavy (non-hydrogen) atoms. The van der Waals surface area contributed by atoms with Gasteiger partial charge in [-0.15, -0.1) is 0 Å². The van der Waals surface area contributed by atoms with Crippen molar-refractivity contribution in [1.82, 2.24) is 0 Å². The van der Waals surface area contributed by atoms with Crippen LogP contribution < -0.4 is 5.73 Å². The molecule has 0 radical (unpaired) electrons. The second-order valence-electron chi connectivity index (χ2n) is 14.9. The van der Waals surface area contributed by atoms with E-state index in [0.717, 1.165) is 70.6 Å². The molecule has 320 valence electrons. The molecule has 0 aromatic heterocycles. The van der Waals surface area contributed by atoms with Crippen molar-refractivity contribution in [1.29, 1.82) is 0 Å². The Morgan fingerprint density at radius 1 is 0.655 bits per heavy atom. The number of carboxylic acid groups (broad SMARTS) is 1. The quantitative estimate of drug-likeness (QED) is 0.0176. The summed E-state index contributed by atoms with van der Waals surface area (Å²) in [5.74, 6) is -2.41. The molecule has 0 bridgehead atoms. The van der Waals surface area contributed by atoms with Crippen molar-refractivity contribution in [3.05, 3.63) is 24.3 Å². The summed E-state index contributed by atoms with van der Waals surface area (Å²) >= 11 is 0. The lowest BCUT2D eigenvalue weighted by atomic mass is 10.1. The maximum Gasteiger partial charge on any atom is 0.472 e. The first-order valence-corrected chi connectivity index (χ1v) is 23.0. The molecule has 4 N–H and O–H groups in total. The van der Waals surface area contributed by atoms with Crippen molar-refractivity contribution in [3.63, 3.8) is 0 Å². The lowest BCUT2D eigenvalue weighted by molar-refractivity contribution is -0.161. The number of aliphatic carboxylic acids is 1. The SMILES string of the molecule is CCCCCC/C=C\CCCCCCCCCC(=O)O[C@H](COC(=O)CCCCCCC/C=C\CC1OC1CCCCC)COP(=O)(O)OC[C@H](N)C(=O)O. The van der Waals surface area contributed by atoms with Gasteiger partial charge in [0.1, 0.15) is 12.6 Å². The second kappa shape index (κ2) is 34.0. The predicted molar refractivity (Wildman–Crippen MR) is 217 cm³/mol. The maximum absolute atomic E-state index is 12.6. The molecule has 3 unspecified atom stereocenters. The molecule has 1 heterocycles. The highest BCUT2D eigenvalue weighted by molar-refractivity contribution is 7.47. The summed E-state index contributed by atoms with van der Waals surface area (Å²) in [6, 6.07) is -1.52. The minimum Gasteiger partial charge on any atom is -0.480 e. The number of ether oxygens (including phenoxy) is 3. The number of rotatable bonds is 39. The molecule has 12 nitrogen and oxygen atoms in total. The van der Waals surface area contributed by atoms with Crippen molar-refractivity contribution < 1.29 is 52.2 Å². The first-order valence-electron chi connectivity index (χ1n) is 21.5. The average Bonchev–Trinajstić information content (AvgIpc) is 3.91. The van der Waals surface area contributed by atoms with E-state index in [9.17, 15) is 23.8 Å². The van der Waals surface area contributed by atoms with E-state index in [0.29, 0.717) is 25.0 Å². The summed E-state index contributed by atoms with van der Waals surface area (Å²) in [7, 11) is -4.72. The van der Waals surface area contributed by atoms with Crippen molar-refractivity contribution >= 4 is 25.7 Å². The third-order valence-electron chi connectivity index (χ3n) is 9.60. The summed E-state index contributed by atoms with van der Waals surface area (Å²) < 4.78 is 38.4. The molecule has 13 heteroatoms. The summed E-state index contributed by atoms with van der Waals surface area (Å²) in [5.41, 5.74) is 5.33. The van der Waals surface area contributed by atoms with Crippen LogP contribution in [0.1, 0.15) is 181 Å². The number of phosphoric ester groups is 1. The van der Waals surface area contributed by atoms with E-state index >= 15 is 0 Å². The van der Waals surface area contributed by atoms with Gasteiger partial charge in [0.2, 0.25) is 0 Å². The largest absolute Gasteiger partial charge is 0.480 e. The molecule has 1 rings (SSSR count). The molecule has 0 aromatic rings. The number of nitrogens with two attached hydrogens (primary N) is 1. The molecule has 0 saturated carbocycles. The number of carboxylic acids is 1. The zero-order valence-electron chi connectivity index (χ0n) is 34.2. The molecule has 0 amide bonds. The second-order valence-corrected chi connectivity index (χ2v) is 16.3. The Hall–Kier alpha value is -2.08. The third-order valence-corrected chi connectivity index (χ3v) is 10.5. The molecule has 1 aliphatic rings. The van der Waals surface area contributed by atoms with Crippen LogP contribution in [0.25, 0.3) is 0 Å². The summed E-state index contributed by atoms with van der Waals surface area (Å²) in [4.78, 5) is 45.9. The minimum atomic E-state index is -4.72. The third kappa shape index (κ3) is 31.7. The number of phosphoric acid groups is 1. The van der Waals surface area contributed by atoms with Crippen LogP contribution in [-0.4, -0.2) is 72.1 Å². The number of epoxide rings is 1. The normalized spacial score (nSPS) is 17.7. The van der Waals surface area contributed by atoms with Gasteiger partial charge in [0.25, 0.3) is 0 Å². The maximum atomic E-state index is 12.6. The molecule has 1 saturated heterocycles. The predicted octanol–water partition coefficient (Wildman–Crippen LogP) is 10.0. The molecule has 5 atom stereocenters. The Labute approximate surface area is 332 Å². The number of esters is 2. The summed E-state index contributed by atoms with van der Waals surface area (Å²) in [6.07, 6.45) is 35.5. The van der Waals surface area contributed by atoms with E-state index in [4.69, 9.17) is 29.6 Å². The molecule has 0 aliphatic carbocycles. The molecule has 1 aliphatic heterocycles. The molecule has 0 aromatic carbocycles. The van der Waals surface area contributed by atoms with Crippen molar-refractivity contribution in [3.8, 4) is 0 Å². The van der Waals surface area contributed by atoms with E-state index in [1.807, 2.05) is 0 Å². The van der Waals surface area contributed by atoms with Gasteiger partial charge >= 0.3 is 25.7 Å². The summed E-state index contributed by atoms with van der Waals surface area (Å²) in [5, 5.41) is 8.88. The van der Waals surface area contributed by atoms with Crippen LogP contribution in [0.2, 0.25) is 0 Å². The minimum absolute atomic E-state index is 0.151. The van der Waals surface area contributed by atoms with Crippen LogP contribution in [0.15, 0.2) is 24.3 Å². The number of allylic oxidation sites excluding steroid dienone is 3. The average molecular weight is 802 g/mol. The first kappa shape index (κ1) is 50.9. The van der Waals surface area contributed by atoms with Crippen molar-refractivity contribution in [2.75, 3.05) is 19.8 Å². The number of carbonyl (C=O) groups is 3. The van der Waals surface area contributed by atoms with Gasteiger partial charge < -0.3 is 29.9 Å². The first-order chi connectivity index (χ1) is 26.6. The van der Waals surface area contributed by atoms with Crippen LogP contribution in [-0.2, 0) is 42.2 Å². The lowest BCUT2D eigenvalue weighted by Gasteiger charge is -2.20. The van der Waals surface area contributed by atoms with Crippen LogP contribution in [0.4, 0.5) is 0 Å². The van der Waals surface area contributed by atoms with Gasteiger partial charge in [-0.1, -0.05) is 128 Å². The zero-order chi connectivity index (χ0) is 40.4. The van der Waals surface area contributed by atoms with Gasteiger partial charge in [0.05, 0.1) is 25.4 Å².